The van der Waals surface area contributed by atoms with Crippen molar-refractivity contribution in [2.45, 2.75) is 32.6 Å². The van der Waals surface area contributed by atoms with Gasteiger partial charge in [-0.1, -0.05) is 13.3 Å². The van der Waals surface area contributed by atoms with Gasteiger partial charge in [-0.3, -0.25) is 4.99 Å². The fraction of sp³-hybridized carbons (Fsp3) is 0.938. The molecular weight excluding hydrogens is 389 g/mol. The predicted molar refractivity (Wildman–Crippen MR) is 105 cm³/mol. The van der Waals surface area contributed by atoms with E-state index in [1.54, 1.807) is 0 Å². The molecule has 0 radical (unpaired) electrons. The summed E-state index contributed by atoms with van der Waals surface area (Å²) < 4.78 is 0. The van der Waals surface area contributed by atoms with E-state index < -0.39 is 0 Å². The monoisotopic (exact) mass is 423 g/mol. The van der Waals surface area contributed by atoms with Crippen molar-refractivity contribution in [3.05, 3.63) is 0 Å². The third kappa shape index (κ3) is 7.00. The smallest absolute Gasteiger partial charge is 0.191 e. The summed E-state index contributed by atoms with van der Waals surface area (Å²) in [6.07, 6.45) is 5.44. The molecule has 1 atom stereocenters. The first-order valence-corrected chi connectivity index (χ1v) is 8.71. The molecule has 0 saturated carbocycles. The molecule has 130 valence electrons. The summed E-state index contributed by atoms with van der Waals surface area (Å²) in [6.45, 7) is 11.6. The van der Waals surface area contributed by atoms with Crippen LogP contribution in [0.1, 0.15) is 32.6 Å². The van der Waals surface area contributed by atoms with Crippen molar-refractivity contribution in [1.29, 1.82) is 0 Å². The van der Waals surface area contributed by atoms with Gasteiger partial charge in [-0.25, -0.2) is 0 Å². The number of guanidine groups is 1. The molecule has 0 spiro atoms. The van der Waals surface area contributed by atoms with E-state index in [0.717, 1.165) is 31.5 Å². The Hall–Kier alpha value is -0.0800. The molecule has 0 aromatic carbocycles. The van der Waals surface area contributed by atoms with E-state index in [1.807, 2.05) is 7.05 Å². The molecule has 2 rings (SSSR count). The number of nitrogens with one attached hydrogen (secondary N) is 2. The van der Waals surface area contributed by atoms with Crippen molar-refractivity contribution in [2.75, 3.05) is 59.4 Å². The van der Waals surface area contributed by atoms with Gasteiger partial charge in [0.05, 0.1) is 0 Å². The van der Waals surface area contributed by atoms with Crippen LogP contribution in [0.4, 0.5) is 0 Å². The van der Waals surface area contributed by atoms with Crippen LogP contribution in [-0.4, -0.2) is 75.2 Å². The number of halogens is 1. The van der Waals surface area contributed by atoms with E-state index in [1.165, 1.54) is 58.4 Å². The molecule has 2 N–H and O–H groups in total. The number of hydrogen-bond donors (Lipinski definition) is 2. The van der Waals surface area contributed by atoms with Crippen LogP contribution in [0.3, 0.4) is 0 Å². The zero-order chi connectivity index (χ0) is 14.9. The van der Waals surface area contributed by atoms with Crippen LogP contribution in [0.2, 0.25) is 0 Å². The van der Waals surface area contributed by atoms with Crippen molar-refractivity contribution in [2.24, 2.45) is 10.9 Å². The molecule has 2 aliphatic rings. The minimum absolute atomic E-state index is 0. The topological polar surface area (TPSA) is 42.9 Å². The lowest BCUT2D eigenvalue weighted by Crippen LogP contribution is -2.44. The summed E-state index contributed by atoms with van der Waals surface area (Å²) in [6, 6.07) is 0. The summed E-state index contributed by atoms with van der Waals surface area (Å²) in [5.41, 5.74) is 0. The number of aliphatic imine (C=N–C) groups is 1. The van der Waals surface area contributed by atoms with Gasteiger partial charge in [-0.2, -0.15) is 0 Å². The average molecular weight is 423 g/mol. The quantitative estimate of drug-likeness (QED) is 0.387. The van der Waals surface area contributed by atoms with Gasteiger partial charge in [0.2, 0.25) is 0 Å². The number of rotatable bonds is 6. The van der Waals surface area contributed by atoms with Crippen molar-refractivity contribution in [1.82, 2.24) is 20.4 Å². The van der Waals surface area contributed by atoms with Crippen LogP contribution in [-0.2, 0) is 0 Å². The largest absolute Gasteiger partial charge is 0.356 e. The lowest BCUT2D eigenvalue weighted by molar-refractivity contribution is 0.232. The second-order valence-corrected chi connectivity index (χ2v) is 6.33. The third-order valence-corrected chi connectivity index (χ3v) is 4.77. The molecule has 2 aliphatic heterocycles. The number of nitrogens with zero attached hydrogens (tertiary/aromatic N) is 3. The highest BCUT2D eigenvalue weighted by molar-refractivity contribution is 14.0. The van der Waals surface area contributed by atoms with E-state index in [0.29, 0.717) is 0 Å². The maximum Gasteiger partial charge on any atom is 0.191 e. The molecule has 0 amide bonds. The number of likely N-dealkylation sites (tertiary alicyclic amines) is 2. The molecule has 0 aliphatic carbocycles. The van der Waals surface area contributed by atoms with Crippen molar-refractivity contribution in [3.63, 3.8) is 0 Å². The van der Waals surface area contributed by atoms with Gasteiger partial charge >= 0.3 is 0 Å². The summed E-state index contributed by atoms with van der Waals surface area (Å²) >= 11 is 0. The molecule has 2 fully saturated rings. The van der Waals surface area contributed by atoms with Crippen LogP contribution in [0.25, 0.3) is 0 Å². The summed E-state index contributed by atoms with van der Waals surface area (Å²) in [5, 5.41) is 6.94. The highest BCUT2D eigenvalue weighted by Crippen LogP contribution is 2.14. The van der Waals surface area contributed by atoms with Gasteiger partial charge in [0.1, 0.15) is 0 Å². The van der Waals surface area contributed by atoms with Gasteiger partial charge in [-0.05, 0) is 51.4 Å². The van der Waals surface area contributed by atoms with Gasteiger partial charge in [0, 0.05) is 33.2 Å². The van der Waals surface area contributed by atoms with Crippen molar-refractivity contribution >= 4 is 29.9 Å². The van der Waals surface area contributed by atoms with Crippen LogP contribution >= 0.6 is 24.0 Å². The van der Waals surface area contributed by atoms with Gasteiger partial charge in [0.25, 0.3) is 0 Å². The predicted octanol–water partition coefficient (Wildman–Crippen LogP) is 1.60. The first-order chi connectivity index (χ1) is 10.3. The normalized spacial score (nSPS) is 24.1. The molecule has 0 bridgehead atoms. The minimum Gasteiger partial charge on any atom is -0.356 e. The second-order valence-electron chi connectivity index (χ2n) is 6.33. The highest BCUT2D eigenvalue weighted by atomic mass is 127. The Kier molecular flexibility index (Phi) is 10.4. The van der Waals surface area contributed by atoms with E-state index in [2.05, 4.69) is 32.3 Å². The van der Waals surface area contributed by atoms with E-state index in [-0.39, 0.29) is 24.0 Å². The van der Waals surface area contributed by atoms with Crippen LogP contribution in [0.5, 0.6) is 0 Å². The first-order valence-electron chi connectivity index (χ1n) is 8.71. The third-order valence-electron chi connectivity index (χ3n) is 4.77. The summed E-state index contributed by atoms with van der Waals surface area (Å²) in [4.78, 5) is 9.42. The maximum atomic E-state index is 4.33. The molecule has 2 saturated heterocycles. The standard InChI is InChI=1S/C16H33N5.HI/c1-3-20-11-7-15(14-20)13-19-16(17-2)18-8-12-21-9-5-4-6-10-21;/h15H,3-14H2,1-2H3,(H2,17,18,19);1H. The maximum absolute atomic E-state index is 4.33. The Morgan fingerprint density at radius 1 is 1.09 bits per heavy atom. The van der Waals surface area contributed by atoms with Crippen LogP contribution in [0.15, 0.2) is 4.99 Å². The fourth-order valence-electron chi connectivity index (χ4n) is 3.34. The molecule has 1 unspecified atom stereocenters. The lowest BCUT2D eigenvalue weighted by Gasteiger charge is -2.26. The van der Waals surface area contributed by atoms with E-state index in [4.69, 9.17) is 0 Å². The Labute approximate surface area is 153 Å². The Morgan fingerprint density at radius 3 is 2.50 bits per heavy atom. The Bertz CT molecular complexity index is 318. The molecular formula is C16H34IN5. The molecule has 22 heavy (non-hydrogen) atoms. The van der Waals surface area contributed by atoms with Gasteiger partial charge in [-0.15, -0.1) is 24.0 Å². The zero-order valence-electron chi connectivity index (χ0n) is 14.3. The Morgan fingerprint density at radius 2 is 1.86 bits per heavy atom. The minimum atomic E-state index is 0. The average Bonchev–Trinajstić information content (AvgIpc) is 3.00. The molecule has 0 aromatic rings. The van der Waals surface area contributed by atoms with Gasteiger partial charge in [0.15, 0.2) is 5.96 Å². The molecule has 0 aromatic heterocycles. The first kappa shape index (κ1) is 20.0. The second kappa shape index (κ2) is 11.5. The van der Waals surface area contributed by atoms with E-state index in [9.17, 15) is 0 Å². The van der Waals surface area contributed by atoms with Gasteiger partial charge < -0.3 is 20.4 Å². The number of piperidine rings is 1. The van der Waals surface area contributed by atoms with Crippen LogP contribution in [0, 0.1) is 5.92 Å². The lowest BCUT2D eigenvalue weighted by atomic mass is 10.1. The summed E-state index contributed by atoms with van der Waals surface area (Å²) in [7, 11) is 1.86. The highest BCUT2D eigenvalue weighted by Gasteiger charge is 2.20. The zero-order valence-corrected chi connectivity index (χ0v) is 16.6. The molecule has 6 heteroatoms. The Balaban J connectivity index is 0.00000242. The van der Waals surface area contributed by atoms with Crippen molar-refractivity contribution < 1.29 is 0 Å². The SMILES string of the molecule is CCN1CCC(CNC(=NC)NCCN2CCCCC2)C1.I. The van der Waals surface area contributed by atoms with E-state index >= 15 is 0 Å². The van der Waals surface area contributed by atoms with Crippen molar-refractivity contribution in [3.8, 4) is 0 Å². The summed E-state index contributed by atoms with van der Waals surface area (Å²) in [5.74, 6) is 1.73. The fourth-order valence-corrected chi connectivity index (χ4v) is 3.34. The number of hydrogen-bond acceptors (Lipinski definition) is 3. The molecule has 5 nitrogen and oxygen atoms in total. The molecule has 2 heterocycles. The van der Waals surface area contributed by atoms with Crippen LogP contribution < -0.4 is 10.6 Å².